The summed E-state index contributed by atoms with van der Waals surface area (Å²) < 4.78 is 0. The molecule has 1 aromatic rings. The van der Waals surface area contributed by atoms with Crippen molar-refractivity contribution in [2.45, 2.75) is 18.3 Å². The van der Waals surface area contributed by atoms with Crippen LogP contribution in [0.4, 0.5) is 0 Å². The SMILES string of the molecule is CC1SCC(C(=O)O)N1C(=O)c1cccc(C#N)c1. The molecule has 5 nitrogen and oxygen atoms in total. The Morgan fingerprint density at radius 1 is 1.53 bits per heavy atom. The lowest BCUT2D eigenvalue weighted by Crippen LogP contribution is -2.44. The molecule has 0 saturated carbocycles. The molecule has 1 aliphatic rings. The van der Waals surface area contributed by atoms with Crippen molar-refractivity contribution in [1.82, 2.24) is 4.90 Å². The Bertz CT molecular complexity index is 567. The highest BCUT2D eigenvalue weighted by Crippen LogP contribution is 2.30. The molecule has 6 heteroatoms. The van der Waals surface area contributed by atoms with Crippen LogP contribution in [0, 0.1) is 11.3 Å². The molecule has 0 aliphatic carbocycles. The minimum Gasteiger partial charge on any atom is -0.480 e. The Hall–Kier alpha value is -2.00. The lowest BCUT2D eigenvalue weighted by molar-refractivity contribution is -0.141. The molecule has 1 aromatic carbocycles. The van der Waals surface area contributed by atoms with Crippen LogP contribution >= 0.6 is 11.8 Å². The lowest BCUT2D eigenvalue weighted by Gasteiger charge is -2.25. The van der Waals surface area contributed by atoms with E-state index in [4.69, 9.17) is 10.4 Å². The zero-order valence-electron chi connectivity index (χ0n) is 10.2. The second-order valence-corrected chi connectivity index (χ2v) is 5.54. The van der Waals surface area contributed by atoms with Gasteiger partial charge in [-0.05, 0) is 25.1 Å². The average molecular weight is 276 g/mol. The van der Waals surface area contributed by atoms with Crippen LogP contribution in [-0.4, -0.2) is 39.1 Å². The van der Waals surface area contributed by atoms with Crippen LogP contribution in [-0.2, 0) is 4.79 Å². The van der Waals surface area contributed by atoms with Crippen molar-refractivity contribution in [1.29, 1.82) is 5.26 Å². The van der Waals surface area contributed by atoms with Crippen LogP contribution < -0.4 is 0 Å². The molecule has 2 atom stereocenters. The van der Waals surface area contributed by atoms with Crippen LogP contribution in [0.2, 0.25) is 0 Å². The molecular weight excluding hydrogens is 264 g/mol. The molecule has 0 spiro atoms. The predicted molar refractivity (Wildman–Crippen MR) is 70.7 cm³/mol. The summed E-state index contributed by atoms with van der Waals surface area (Å²) >= 11 is 1.43. The Morgan fingerprint density at radius 3 is 2.89 bits per heavy atom. The molecule has 2 unspecified atom stereocenters. The number of carbonyl (C=O) groups excluding carboxylic acids is 1. The van der Waals surface area contributed by atoms with Crippen LogP contribution in [0.5, 0.6) is 0 Å². The zero-order chi connectivity index (χ0) is 14.0. The summed E-state index contributed by atoms with van der Waals surface area (Å²) in [4.78, 5) is 24.9. The van der Waals surface area contributed by atoms with E-state index in [-0.39, 0.29) is 11.3 Å². The van der Waals surface area contributed by atoms with Crippen molar-refractivity contribution in [3.8, 4) is 6.07 Å². The van der Waals surface area contributed by atoms with Gasteiger partial charge >= 0.3 is 5.97 Å². The summed E-state index contributed by atoms with van der Waals surface area (Å²) in [5.74, 6) is -0.955. The van der Waals surface area contributed by atoms with Crippen LogP contribution in [0.25, 0.3) is 0 Å². The fourth-order valence-electron chi connectivity index (χ4n) is 2.01. The van der Waals surface area contributed by atoms with Crippen LogP contribution in [0.1, 0.15) is 22.8 Å². The van der Waals surface area contributed by atoms with Gasteiger partial charge in [-0.25, -0.2) is 4.79 Å². The molecule has 98 valence electrons. The first-order chi connectivity index (χ1) is 9.04. The number of hydrogen-bond donors (Lipinski definition) is 1. The molecule has 1 N–H and O–H groups in total. The topological polar surface area (TPSA) is 81.4 Å². The summed E-state index contributed by atoms with van der Waals surface area (Å²) in [5, 5.41) is 17.8. The maximum Gasteiger partial charge on any atom is 0.327 e. The summed E-state index contributed by atoms with van der Waals surface area (Å²) in [6.07, 6.45) is 0. The first-order valence-electron chi connectivity index (χ1n) is 5.72. The van der Waals surface area contributed by atoms with Gasteiger partial charge in [0.25, 0.3) is 5.91 Å². The highest BCUT2D eigenvalue weighted by Gasteiger charge is 2.39. The number of rotatable bonds is 2. The number of thioether (sulfide) groups is 1. The van der Waals surface area contributed by atoms with Gasteiger partial charge < -0.3 is 10.0 Å². The Labute approximate surface area is 114 Å². The van der Waals surface area contributed by atoms with E-state index in [0.717, 1.165) is 0 Å². The number of amides is 1. The summed E-state index contributed by atoms with van der Waals surface area (Å²) in [6, 6.07) is 7.46. The van der Waals surface area contributed by atoms with Gasteiger partial charge in [-0.3, -0.25) is 4.79 Å². The number of aliphatic carboxylic acids is 1. The van der Waals surface area contributed by atoms with E-state index in [1.54, 1.807) is 25.1 Å². The molecule has 19 heavy (non-hydrogen) atoms. The smallest absolute Gasteiger partial charge is 0.327 e. The van der Waals surface area contributed by atoms with Gasteiger partial charge in [0.2, 0.25) is 0 Å². The summed E-state index contributed by atoms with van der Waals surface area (Å²) in [5.41, 5.74) is 0.733. The van der Waals surface area contributed by atoms with Gasteiger partial charge in [0.05, 0.1) is 17.0 Å². The van der Waals surface area contributed by atoms with Crippen molar-refractivity contribution in [2.24, 2.45) is 0 Å². The number of nitrogens with zero attached hydrogens (tertiary/aromatic N) is 2. The van der Waals surface area contributed by atoms with Crippen LogP contribution in [0.15, 0.2) is 24.3 Å². The maximum atomic E-state index is 12.4. The predicted octanol–water partition coefficient (Wildman–Crippen LogP) is 1.55. The van der Waals surface area contributed by atoms with E-state index in [1.807, 2.05) is 6.07 Å². The van der Waals surface area contributed by atoms with E-state index < -0.39 is 12.0 Å². The quantitative estimate of drug-likeness (QED) is 0.886. The minimum absolute atomic E-state index is 0.181. The fraction of sp³-hybridized carbons (Fsp3) is 0.308. The van der Waals surface area contributed by atoms with E-state index >= 15 is 0 Å². The molecule has 1 fully saturated rings. The first kappa shape index (κ1) is 13.4. The third-order valence-electron chi connectivity index (χ3n) is 2.98. The van der Waals surface area contributed by atoms with E-state index in [9.17, 15) is 9.59 Å². The molecule has 1 heterocycles. The average Bonchev–Trinajstić information content (AvgIpc) is 2.80. The number of nitriles is 1. The van der Waals surface area contributed by atoms with E-state index in [2.05, 4.69) is 0 Å². The largest absolute Gasteiger partial charge is 0.480 e. The number of benzene rings is 1. The van der Waals surface area contributed by atoms with Crippen molar-refractivity contribution in [2.75, 3.05) is 5.75 Å². The van der Waals surface area contributed by atoms with Gasteiger partial charge in [0.15, 0.2) is 0 Å². The summed E-state index contributed by atoms with van der Waals surface area (Å²) in [6.45, 7) is 1.81. The Balaban J connectivity index is 2.32. The maximum absolute atomic E-state index is 12.4. The number of hydrogen-bond acceptors (Lipinski definition) is 4. The molecule has 0 radical (unpaired) electrons. The number of carboxylic acids is 1. The Morgan fingerprint density at radius 2 is 2.26 bits per heavy atom. The third-order valence-corrected chi connectivity index (χ3v) is 4.20. The summed E-state index contributed by atoms with van der Waals surface area (Å²) in [7, 11) is 0. The van der Waals surface area contributed by atoms with Gasteiger partial charge in [-0.15, -0.1) is 11.8 Å². The number of carboxylic acid groups (broad SMARTS) is 1. The van der Waals surface area contributed by atoms with Crippen molar-refractivity contribution in [3.63, 3.8) is 0 Å². The fourth-order valence-corrected chi connectivity index (χ4v) is 3.18. The molecule has 1 aliphatic heterocycles. The second-order valence-electron chi connectivity index (χ2n) is 4.19. The van der Waals surface area contributed by atoms with Gasteiger partial charge in [-0.2, -0.15) is 5.26 Å². The minimum atomic E-state index is -0.998. The second kappa shape index (κ2) is 5.33. The van der Waals surface area contributed by atoms with Gasteiger partial charge in [-0.1, -0.05) is 6.07 Å². The molecular formula is C13H12N2O3S. The number of carbonyl (C=O) groups is 2. The molecule has 1 amide bonds. The molecule has 0 aromatic heterocycles. The highest BCUT2D eigenvalue weighted by molar-refractivity contribution is 8.00. The van der Waals surface area contributed by atoms with Crippen LogP contribution in [0.3, 0.4) is 0 Å². The van der Waals surface area contributed by atoms with E-state index in [0.29, 0.717) is 16.9 Å². The van der Waals surface area contributed by atoms with Gasteiger partial charge in [0, 0.05) is 11.3 Å². The molecule has 0 bridgehead atoms. The lowest BCUT2D eigenvalue weighted by atomic mass is 10.1. The zero-order valence-corrected chi connectivity index (χ0v) is 11.1. The van der Waals surface area contributed by atoms with Gasteiger partial charge in [0.1, 0.15) is 6.04 Å². The van der Waals surface area contributed by atoms with Crippen molar-refractivity contribution < 1.29 is 14.7 Å². The monoisotopic (exact) mass is 276 g/mol. The normalized spacial score (nSPS) is 22.0. The standard InChI is InChI=1S/C13H12N2O3S/c1-8-15(11(7-19-8)13(17)18)12(16)10-4-2-3-9(5-10)6-14/h2-5,8,11H,7H2,1H3,(H,17,18). The first-order valence-corrected chi connectivity index (χ1v) is 6.76. The van der Waals surface area contributed by atoms with Crippen molar-refractivity contribution >= 4 is 23.6 Å². The van der Waals surface area contributed by atoms with E-state index in [1.165, 1.54) is 22.7 Å². The van der Waals surface area contributed by atoms with Crippen molar-refractivity contribution in [3.05, 3.63) is 35.4 Å². The highest BCUT2D eigenvalue weighted by atomic mass is 32.2. The Kier molecular flexibility index (Phi) is 3.76. The third kappa shape index (κ3) is 2.56. The molecule has 1 saturated heterocycles. The molecule has 2 rings (SSSR count).